The molecule has 0 aromatic heterocycles. The van der Waals surface area contributed by atoms with Crippen molar-refractivity contribution in [3.05, 3.63) is 18.2 Å². The Balaban J connectivity index is 2.02. The summed E-state index contributed by atoms with van der Waals surface area (Å²) >= 11 is 0. The van der Waals surface area contributed by atoms with E-state index in [1.165, 1.54) is 0 Å². The molecule has 0 bridgehead atoms. The first-order valence-corrected chi connectivity index (χ1v) is 9.01. The Labute approximate surface area is 126 Å². The van der Waals surface area contributed by atoms with Crippen LogP contribution in [0.2, 0.25) is 0 Å². The quantitative estimate of drug-likeness (QED) is 0.834. The van der Waals surface area contributed by atoms with E-state index >= 15 is 0 Å². The van der Waals surface area contributed by atoms with Crippen LogP contribution >= 0.6 is 0 Å². The van der Waals surface area contributed by atoms with Gasteiger partial charge in [0.25, 0.3) is 0 Å². The van der Waals surface area contributed by atoms with Crippen LogP contribution in [0.15, 0.2) is 23.1 Å². The van der Waals surface area contributed by atoms with Gasteiger partial charge in [-0.1, -0.05) is 6.92 Å². The maximum atomic E-state index is 12.4. The summed E-state index contributed by atoms with van der Waals surface area (Å²) in [7, 11) is -1.36. The SMILES string of the molecule is CCC(CCCS(=O)(=O)c1ccc2c(c1)OCCO2)NC. The van der Waals surface area contributed by atoms with E-state index in [1.807, 2.05) is 7.05 Å². The fourth-order valence-corrected chi connectivity index (χ4v) is 3.75. The van der Waals surface area contributed by atoms with Crippen LogP contribution in [0.1, 0.15) is 26.2 Å². The Bertz CT molecular complexity index is 567. The predicted octanol–water partition coefficient (Wildman–Crippen LogP) is 2.01. The molecule has 0 aliphatic carbocycles. The van der Waals surface area contributed by atoms with Crippen molar-refractivity contribution in [2.45, 2.75) is 37.1 Å². The van der Waals surface area contributed by atoms with Crippen molar-refractivity contribution < 1.29 is 17.9 Å². The second-order valence-electron chi connectivity index (χ2n) is 5.16. The number of hydrogen-bond acceptors (Lipinski definition) is 5. The third kappa shape index (κ3) is 4.11. The van der Waals surface area contributed by atoms with Crippen LogP contribution in [0, 0.1) is 0 Å². The molecule has 0 fully saturated rings. The maximum Gasteiger partial charge on any atom is 0.178 e. The van der Waals surface area contributed by atoms with Crippen molar-refractivity contribution in [1.29, 1.82) is 0 Å². The number of ether oxygens (including phenoxy) is 2. The van der Waals surface area contributed by atoms with E-state index in [0.717, 1.165) is 12.8 Å². The molecule has 1 atom stereocenters. The first-order valence-electron chi connectivity index (χ1n) is 7.36. The Morgan fingerprint density at radius 3 is 2.62 bits per heavy atom. The molecular weight excluding hydrogens is 290 g/mol. The second kappa shape index (κ2) is 7.13. The zero-order valence-electron chi connectivity index (χ0n) is 12.6. The largest absolute Gasteiger partial charge is 0.486 e. The van der Waals surface area contributed by atoms with Gasteiger partial charge in [-0.25, -0.2) is 8.42 Å². The van der Waals surface area contributed by atoms with E-state index in [1.54, 1.807) is 18.2 Å². The fraction of sp³-hybridized carbons (Fsp3) is 0.600. The molecule has 0 spiro atoms. The minimum atomic E-state index is -3.27. The van der Waals surface area contributed by atoms with Crippen molar-refractivity contribution in [2.75, 3.05) is 26.0 Å². The van der Waals surface area contributed by atoms with E-state index in [4.69, 9.17) is 9.47 Å². The van der Waals surface area contributed by atoms with Crippen molar-refractivity contribution in [3.63, 3.8) is 0 Å². The van der Waals surface area contributed by atoms with E-state index < -0.39 is 9.84 Å². The Hall–Kier alpha value is -1.27. The van der Waals surface area contributed by atoms with Gasteiger partial charge in [-0.05, 0) is 38.4 Å². The Morgan fingerprint density at radius 2 is 1.95 bits per heavy atom. The highest BCUT2D eigenvalue weighted by atomic mass is 32.2. The number of benzene rings is 1. The molecular formula is C15H23NO4S. The van der Waals surface area contributed by atoms with E-state index in [0.29, 0.717) is 42.1 Å². The van der Waals surface area contributed by atoms with Gasteiger partial charge in [0.1, 0.15) is 13.2 Å². The topological polar surface area (TPSA) is 64.6 Å². The van der Waals surface area contributed by atoms with Gasteiger partial charge in [0.15, 0.2) is 21.3 Å². The summed E-state index contributed by atoms with van der Waals surface area (Å²) in [6.07, 6.45) is 2.51. The third-order valence-electron chi connectivity index (χ3n) is 3.74. The van der Waals surface area contributed by atoms with Gasteiger partial charge in [0, 0.05) is 12.1 Å². The van der Waals surface area contributed by atoms with E-state index in [-0.39, 0.29) is 5.75 Å². The molecule has 0 saturated carbocycles. The summed E-state index contributed by atoms with van der Waals surface area (Å²) in [5, 5.41) is 3.19. The summed E-state index contributed by atoms with van der Waals surface area (Å²) in [5.74, 6) is 1.29. The third-order valence-corrected chi connectivity index (χ3v) is 5.54. The minimum Gasteiger partial charge on any atom is -0.486 e. The standard InChI is InChI=1S/C15H23NO4S/c1-3-12(16-2)5-4-10-21(17,18)13-6-7-14-15(11-13)20-9-8-19-14/h6-7,11-12,16H,3-5,8-10H2,1-2H3. The number of rotatable bonds is 7. The number of hydrogen-bond donors (Lipinski definition) is 1. The molecule has 1 unspecified atom stereocenters. The van der Waals surface area contributed by atoms with Crippen molar-refractivity contribution >= 4 is 9.84 Å². The van der Waals surface area contributed by atoms with Gasteiger partial charge < -0.3 is 14.8 Å². The summed E-state index contributed by atoms with van der Waals surface area (Å²) in [5.41, 5.74) is 0. The second-order valence-corrected chi connectivity index (χ2v) is 7.27. The summed E-state index contributed by atoms with van der Waals surface area (Å²) in [6.45, 7) is 3.05. The van der Waals surface area contributed by atoms with Crippen molar-refractivity contribution in [2.24, 2.45) is 0 Å². The van der Waals surface area contributed by atoms with Crippen LogP contribution in [-0.2, 0) is 9.84 Å². The van der Waals surface area contributed by atoms with Gasteiger partial charge in [-0.3, -0.25) is 0 Å². The maximum absolute atomic E-state index is 12.4. The molecule has 118 valence electrons. The zero-order valence-corrected chi connectivity index (χ0v) is 13.4. The number of sulfone groups is 1. The van der Waals surface area contributed by atoms with Gasteiger partial charge >= 0.3 is 0 Å². The smallest absolute Gasteiger partial charge is 0.178 e. The van der Waals surface area contributed by atoms with Crippen molar-refractivity contribution in [1.82, 2.24) is 5.32 Å². The van der Waals surface area contributed by atoms with Gasteiger partial charge in [0.2, 0.25) is 0 Å². The van der Waals surface area contributed by atoms with E-state index in [9.17, 15) is 8.42 Å². The van der Waals surface area contributed by atoms with Crippen LogP contribution in [0.4, 0.5) is 0 Å². The predicted molar refractivity (Wildman–Crippen MR) is 81.9 cm³/mol. The molecule has 5 nitrogen and oxygen atoms in total. The molecule has 0 radical (unpaired) electrons. The van der Waals surface area contributed by atoms with Gasteiger partial charge in [-0.2, -0.15) is 0 Å². The molecule has 2 rings (SSSR count). The Kier molecular flexibility index (Phi) is 5.47. The monoisotopic (exact) mass is 313 g/mol. The van der Waals surface area contributed by atoms with E-state index in [2.05, 4.69) is 12.2 Å². The molecule has 0 amide bonds. The highest BCUT2D eigenvalue weighted by Gasteiger charge is 2.19. The average molecular weight is 313 g/mol. The van der Waals surface area contributed by atoms with Crippen LogP contribution in [0.5, 0.6) is 11.5 Å². The van der Waals surface area contributed by atoms with Crippen LogP contribution in [-0.4, -0.2) is 40.5 Å². The normalized spacial score (nSPS) is 15.7. The molecule has 0 saturated heterocycles. The summed E-state index contributed by atoms with van der Waals surface area (Å²) in [6, 6.07) is 5.21. The molecule has 1 heterocycles. The number of fused-ring (bicyclic) bond motifs is 1. The molecule has 1 aliphatic rings. The summed E-state index contributed by atoms with van der Waals surface area (Å²) < 4.78 is 35.6. The van der Waals surface area contributed by atoms with Crippen LogP contribution in [0.25, 0.3) is 0 Å². The van der Waals surface area contributed by atoms with Gasteiger partial charge in [-0.15, -0.1) is 0 Å². The minimum absolute atomic E-state index is 0.158. The lowest BCUT2D eigenvalue weighted by Crippen LogP contribution is -2.24. The lowest BCUT2D eigenvalue weighted by Gasteiger charge is -2.19. The molecule has 1 aliphatic heterocycles. The lowest BCUT2D eigenvalue weighted by atomic mass is 10.1. The van der Waals surface area contributed by atoms with Crippen molar-refractivity contribution in [3.8, 4) is 11.5 Å². The molecule has 21 heavy (non-hydrogen) atoms. The fourth-order valence-electron chi connectivity index (χ4n) is 2.41. The first-order chi connectivity index (χ1) is 10.1. The first kappa shape index (κ1) is 16.1. The van der Waals surface area contributed by atoms with Crippen LogP contribution in [0.3, 0.4) is 0 Å². The summed E-state index contributed by atoms with van der Waals surface area (Å²) in [4.78, 5) is 0.309. The highest BCUT2D eigenvalue weighted by molar-refractivity contribution is 7.91. The van der Waals surface area contributed by atoms with Crippen LogP contribution < -0.4 is 14.8 Å². The molecule has 1 aromatic rings. The molecule has 6 heteroatoms. The van der Waals surface area contributed by atoms with Gasteiger partial charge in [0.05, 0.1) is 10.6 Å². The lowest BCUT2D eigenvalue weighted by molar-refractivity contribution is 0.171. The average Bonchev–Trinajstić information content (AvgIpc) is 2.51. The zero-order chi connectivity index (χ0) is 15.3. The Morgan fingerprint density at radius 1 is 1.24 bits per heavy atom. The highest BCUT2D eigenvalue weighted by Crippen LogP contribution is 2.32. The molecule has 1 N–H and O–H groups in total. The number of nitrogens with one attached hydrogen (secondary N) is 1. The molecule has 1 aromatic carbocycles.